The standard InChI is InChI=1S/C10H21NO/c1-5-11-6-7-12-10(8(2)3)9(11)4/h8-10H,5-7H2,1-4H3. The van der Waals surface area contributed by atoms with Crippen LogP contribution in [0.3, 0.4) is 0 Å². The van der Waals surface area contributed by atoms with Gasteiger partial charge < -0.3 is 4.74 Å². The highest BCUT2D eigenvalue weighted by Gasteiger charge is 2.29. The SMILES string of the molecule is CCN1CCOC(C(C)C)C1C. The van der Waals surface area contributed by atoms with Gasteiger partial charge in [-0.3, -0.25) is 4.90 Å². The van der Waals surface area contributed by atoms with Gasteiger partial charge in [-0.15, -0.1) is 0 Å². The molecule has 0 bridgehead atoms. The summed E-state index contributed by atoms with van der Waals surface area (Å²) in [7, 11) is 0. The molecule has 2 nitrogen and oxygen atoms in total. The fraction of sp³-hybridized carbons (Fsp3) is 1.00. The summed E-state index contributed by atoms with van der Waals surface area (Å²) in [6.07, 6.45) is 0.429. The molecule has 1 heterocycles. The molecule has 1 saturated heterocycles. The summed E-state index contributed by atoms with van der Waals surface area (Å²) in [5.74, 6) is 0.634. The van der Waals surface area contributed by atoms with E-state index in [9.17, 15) is 0 Å². The number of nitrogens with zero attached hydrogens (tertiary/aromatic N) is 1. The normalized spacial score (nSPS) is 32.8. The molecule has 2 atom stereocenters. The summed E-state index contributed by atoms with van der Waals surface area (Å²) in [5.41, 5.74) is 0. The first-order valence-corrected chi connectivity index (χ1v) is 5.02. The summed E-state index contributed by atoms with van der Waals surface area (Å²) >= 11 is 0. The number of hydrogen-bond acceptors (Lipinski definition) is 2. The Morgan fingerprint density at radius 1 is 1.50 bits per heavy atom. The van der Waals surface area contributed by atoms with E-state index >= 15 is 0 Å². The molecule has 0 radical (unpaired) electrons. The highest BCUT2D eigenvalue weighted by atomic mass is 16.5. The zero-order chi connectivity index (χ0) is 9.14. The quantitative estimate of drug-likeness (QED) is 0.627. The van der Waals surface area contributed by atoms with Crippen molar-refractivity contribution in [1.82, 2.24) is 4.90 Å². The maximum absolute atomic E-state index is 5.74. The Bertz CT molecular complexity index is 136. The van der Waals surface area contributed by atoms with Gasteiger partial charge in [-0.2, -0.15) is 0 Å². The molecule has 0 spiro atoms. The summed E-state index contributed by atoms with van der Waals surface area (Å²) in [6.45, 7) is 12.1. The molecule has 1 fully saturated rings. The Kier molecular flexibility index (Phi) is 3.53. The van der Waals surface area contributed by atoms with Gasteiger partial charge in [-0.05, 0) is 19.4 Å². The van der Waals surface area contributed by atoms with E-state index in [4.69, 9.17) is 4.74 Å². The van der Waals surface area contributed by atoms with Crippen molar-refractivity contribution in [2.45, 2.75) is 39.8 Å². The Labute approximate surface area is 75.9 Å². The average molecular weight is 171 g/mol. The van der Waals surface area contributed by atoms with E-state index in [-0.39, 0.29) is 0 Å². The summed E-state index contributed by atoms with van der Waals surface area (Å²) in [5, 5.41) is 0. The van der Waals surface area contributed by atoms with Crippen molar-refractivity contribution in [3.63, 3.8) is 0 Å². The second-order valence-corrected chi connectivity index (χ2v) is 3.95. The van der Waals surface area contributed by atoms with E-state index in [0.29, 0.717) is 18.1 Å². The summed E-state index contributed by atoms with van der Waals surface area (Å²) < 4.78 is 5.74. The molecule has 0 amide bonds. The lowest BCUT2D eigenvalue weighted by molar-refractivity contribution is -0.0834. The molecular weight excluding hydrogens is 150 g/mol. The lowest BCUT2D eigenvalue weighted by Crippen LogP contribution is -2.51. The molecule has 0 aliphatic carbocycles. The van der Waals surface area contributed by atoms with Crippen LogP contribution in [0.1, 0.15) is 27.7 Å². The minimum atomic E-state index is 0.429. The van der Waals surface area contributed by atoms with Gasteiger partial charge >= 0.3 is 0 Å². The first-order chi connectivity index (χ1) is 5.66. The Morgan fingerprint density at radius 3 is 2.67 bits per heavy atom. The van der Waals surface area contributed by atoms with Crippen LogP contribution in [0.4, 0.5) is 0 Å². The van der Waals surface area contributed by atoms with E-state index in [1.54, 1.807) is 0 Å². The molecule has 1 rings (SSSR count). The smallest absolute Gasteiger partial charge is 0.0751 e. The molecule has 12 heavy (non-hydrogen) atoms. The first kappa shape index (κ1) is 10.0. The van der Waals surface area contributed by atoms with Crippen LogP contribution < -0.4 is 0 Å². The minimum Gasteiger partial charge on any atom is -0.375 e. The van der Waals surface area contributed by atoms with Crippen LogP contribution in [0.25, 0.3) is 0 Å². The number of hydrogen-bond donors (Lipinski definition) is 0. The molecule has 1 aliphatic heterocycles. The first-order valence-electron chi connectivity index (χ1n) is 5.02. The summed E-state index contributed by atoms with van der Waals surface area (Å²) in [4.78, 5) is 2.49. The van der Waals surface area contributed by atoms with Crippen molar-refractivity contribution < 1.29 is 4.74 Å². The van der Waals surface area contributed by atoms with Gasteiger partial charge in [0.25, 0.3) is 0 Å². The van der Waals surface area contributed by atoms with E-state index in [1.165, 1.54) is 0 Å². The predicted octanol–water partition coefficient (Wildman–Crippen LogP) is 1.75. The van der Waals surface area contributed by atoms with Gasteiger partial charge in [-0.25, -0.2) is 0 Å². The third kappa shape index (κ3) is 1.99. The maximum atomic E-state index is 5.74. The van der Waals surface area contributed by atoms with Crippen LogP contribution in [0.15, 0.2) is 0 Å². The largest absolute Gasteiger partial charge is 0.375 e. The molecule has 0 N–H and O–H groups in total. The van der Waals surface area contributed by atoms with Crippen LogP contribution in [0.2, 0.25) is 0 Å². The Morgan fingerprint density at radius 2 is 2.17 bits per heavy atom. The lowest BCUT2D eigenvalue weighted by atomic mass is 9.98. The molecule has 0 aromatic carbocycles. The van der Waals surface area contributed by atoms with Crippen molar-refractivity contribution in [1.29, 1.82) is 0 Å². The predicted molar refractivity (Wildman–Crippen MR) is 51.3 cm³/mol. The minimum absolute atomic E-state index is 0.429. The second kappa shape index (κ2) is 4.24. The van der Waals surface area contributed by atoms with Gasteiger partial charge in [0.2, 0.25) is 0 Å². The number of ether oxygens (including phenoxy) is 1. The molecular formula is C10H21NO. The van der Waals surface area contributed by atoms with E-state index in [2.05, 4.69) is 32.6 Å². The molecule has 0 aromatic rings. The lowest BCUT2D eigenvalue weighted by Gasteiger charge is -2.40. The Hall–Kier alpha value is -0.0800. The van der Waals surface area contributed by atoms with Gasteiger partial charge in [0.1, 0.15) is 0 Å². The second-order valence-electron chi connectivity index (χ2n) is 3.95. The van der Waals surface area contributed by atoms with Crippen LogP contribution in [-0.2, 0) is 4.74 Å². The number of morpholine rings is 1. The monoisotopic (exact) mass is 171 g/mol. The van der Waals surface area contributed by atoms with Gasteiger partial charge in [0, 0.05) is 12.6 Å². The maximum Gasteiger partial charge on any atom is 0.0751 e. The molecule has 0 saturated carbocycles. The molecule has 72 valence electrons. The highest BCUT2D eigenvalue weighted by Crippen LogP contribution is 2.19. The van der Waals surface area contributed by atoms with Crippen LogP contribution in [0, 0.1) is 5.92 Å². The highest BCUT2D eigenvalue weighted by molar-refractivity contribution is 4.81. The number of likely N-dealkylation sites (N-methyl/N-ethyl adjacent to an activating group) is 1. The number of rotatable bonds is 2. The van der Waals surface area contributed by atoms with E-state index < -0.39 is 0 Å². The topological polar surface area (TPSA) is 12.5 Å². The van der Waals surface area contributed by atoms with Gasteiger partial charge in [0.05, 0.1) is 12.7 Å². The molecule has 1 aliphatic rings. The zero-order valence-corrected chi connectivity index (χ0v) is 8.71. The third-order valence-corrected chi connectivity index (χ3v) is 2.80. The van der Waals surface area contributed by atoms with E-state index in [1.807, 2.05) is 0 Å². The van der Waals surface area contributed by atoms with Crippen molar-refractivity contribution in [3.05, 3.63) is 0 Å². The molecule has 2 unspecified atom stereocenters. The molecule has 0 aromatic heterocycles. The zero-order valence-electron chi connectivity index (χ0n) is 8.71. The van der Waals surface area contributed by atoms with Crippen molar-refractivity contribution in [2.24, 2.45) is 5.92 Å². The van der Waals surface area contributed by atoms with Crippen LogP contribution in [0.5, 0.6) is 0 Å². The average Bonchev–Trinajstić information content (AvgIpc) is 2.04. The van der Waals surface area contributed by atoms with Crippen LogP contribution >= 0.6 is 0 Å². The van der Waals surface area contributed by atoms with Crippen molar-refractivity contribution in [2.75, 3.05) is 19.7 Å². The summed E-state index contributed by atoms with van der Waals surface area (Å²) in [6, 6.07) is 0.587. The Balaban J connectivity index is 2.53. The van der Waals surface area contributed by atoms with Crippen molar-refractivity contribution in [3.8, 4) is 0 Å². The third-order valence-electron chi connectivity index (χ3n) is 2.80. The van der Waals surface area contributed by atoms with Gasteiger partial charge in [-0.1, -0.05) is 20.8 Å². The van der Waals surface area contributed by atoms with E-state index in [0.717, 1.165) is 19.7 Å². The fourth-order valence-electron chi connectivity index (χ4n) is 2.05. The van der Waals surface area contributed by atoms with Crippen molar-refractivity contribution >= 4 is 0 Å². The van der Waals surface area contributed by atoms with Gasteiger partial charge in [0.15, 0.2) is 0 Å². The van der Waals surface area contributed by atoms with Crippen LogP contribution in [-0.4, -0.2) is 36.7 Å². The fourth-order valence-corrected chi connectivity index (χ4v) is 2.05. The molecule has 2 heteroatoms.